The quantitative estimate of drug-likeness (QED) is 0.535. The van der Waals surface area contributed by atoms with Crippen molar-refractivity contribution in [2.45, 2.75) is 0 Å². The van der Waals surface area contributed by atoms with Gasteiger partial charge in [0, 0.05) is 5.56 Å². The molecule has 0 atom stereocenters. The number of benzene rings is 1. The Labute approximate surface area is 64.5 Å². The van der Waals surface area contributed by atoms with Crippen LogP contribution in [0.25, 0.3) is 6.08 Å². The molecule has 0 aromatic heterocycles. The minimum Gasteiger partial charge on any atom is -0.278 e. The van der Waals surface area contributed by atoms with E-state index in [2.05, 4.69) is 5.32 Å². The highest BCUT2D eigenvalue weighted by Gasteiger charge is 2.08. The minimum atomic E-state index is -0.230. The maximum absolute atomic E-state index is 12.9. The van der Waals surface area contributed by atoms with Crippen LogP contribution >= 0.6 is 0 Å². The SMILES string of the molecule is Fc1cccc2c1[N]CC=C2. The fraction of sp³-hybridized carbons (Fsp3) is 0.111. The third kappa shape index (κ3) is 1.00. The van der Waals surface area contributed by atoms with Crippen molar-refractivity contribution in [3.8, 4) is 0 Å². The number of hydrogen-bond donors (Lipinski definition) is 0. The first-order chi connectivity index (χ1) is 5.38. The van der Waals surface area contributed by atoms with E-state index in [9.17, 15) is 4.39 Å². The van der Waals surface area contributed by atoms with Gasteiger partial charge in [-0.05, 0) is 6.07 Å². The third-order valence-electron chi connectivity index (χ3n) is 1.67. The summed E-state index contributed by atoms with van der Waals surface area (Å²) in [6.07, 6.45) is 3.81. The van der Waals surface area contributed by atoms with Crippen LogP contribution in [0.3, 0.4) is 0 Å². The van der Waals surface area contributed by atoms with Gasteiger partial charge in [-0.1, -0.05) is 24.3 Å². The molecule has 0 spiro atoms. The lowest BCUT2D eigenvalue weighted by Crippen LogP contribution is -2.04. The van der Waals surface area contributed by atoms with Gasteiger partial charge >= 0.3 is 0 Å². The van der Waals surface area contributed by atoms with Crippen molar-refractivity contribution >= 4 is 11.8 Å². The molecule has 0 bridgehead atoms. The summed E-state index contributed by atoms with van der Waals surface area (Å²) in [5.74, 6) is -0.230. The largest absolute Gasteiger partial charge is 0.278 e. The van der Waals surface area contributed by atoms with E-state index in [0.29, 0.717) is 12.2 Å². The summed E-state index contributed by atoms with van der Waals surface area (Å²) >= 11 is 0. The molecule has 0 saturated carbocycles. The Balaban J connectivity index is 2.60. The number of hydrogen-bond acceptors (Lipinski definition) is 0. The van der Waals surface area contributed by atoms with Gasteiger partial charge in [-0.3, -0.25) is 5.32 Å². The maximum atomic E-state index is 12.9. The van der Waals surface area contributed by atoms with Crippen molar-refractivity contribution in [2.75, 3.05) is 6.54 Å². The normalized spacial score (nSPS) is 13.9. The monoisotopic (exact) mass is 148 g/mol. The minimum absolute atomic E-state index is 0.230. The summed E-state index contributed by atoms with van der Waals surface area (Å²) in [6.45, 7) is 0.591. The molecule has 0 amide bonds. The van der Waals surface area contributed by atoms with E-state index in [1.54, 1.807) is 6.07 Å². The summed E-state index contributed by atoms with van der Waals surface area (Å²) in [7, 11) is 0. The van der Waals surface area contributed by atoms with E-state index in [1.807, 2.05) is 18.2 Å². The van der Waals surface area contributed by atoms with Gasteiger partial charge in [0.1, 0.15) is 11.5 Å². The van der Waals surface area contributed by atoms with Crippen LogP contribution in [0.1, 0.15) is 5.56 Å². The molecule has 1 aromatic carbocycles. The van der Waals surface area contributed by atoms with Crippen molar-refractivity contribution < 1.29 is 4.39 Å². The van der Waals surface area contributed by atoms with E-state index >= 15 is 0 Å². The molecule has 1 aliphatic rings. The topological polar surface area (TPSA) is 14.1 Å². The molecule has 2 rings (SSSR count). The van der Waals surface area contributed by atoms with Crippen LogP contribution in [0.15, 0.2) is 24.3 Å². The molecule has 55 valence electrons. The first-order valence-electron chi connectivity index (χ1n) is 3.50. The molecular weight excluding hydrogens is 141 g/mol. The zero-order valence-corrected chi connectivity index (χ0v) is 5.92. The number of para-hydroxylation sites is 1. The number of fused-ring (bicyclic) bond motifs is 1. The Morgan fingerprint density at radius 3 is 3.09 bits per heavy atom. The second kappa shape index (κ2) is 2.38. The zero-order valence-electron chi connectivity index (χ0n) is 5.92. The lowest BCUT2D eigenvalue weighted by molar-refractivity contribution is 0.618. The van der Waals surface area contributed by atoms with Crippen LogP contribution in [0.4, 0.5) is 10.1 Å². The third-order valence-corrected chi connectivity index (χ3v) is 1.67. The molecular formula is C9H7FN. The first-order valence-corrected chi connectivity index (χ1v) is 3.50. The Morgan fingerprint density at radius 2 is 2.27 bits per heavy atom. The molecule has 0 saturated heterocycles. The molecule has 0 N–H and O–H groups in total. The van der Waals surface area contributed by atoms with Gasteiger partial charge in [0.15, 0.2) is 0 Å². The van der Waals surface area contributed by atoms with Gasteiger partial charge in [-0.2, -0.15) is 0 Å². The lowest BCUT2D eigenvalue weighted by Gasteiger charge is -2.09. The molecule has 1 heterocycles. The van der Waals surface area contributed by atoms with Crippen molar-refractivity contribution in [2.24, 2.45) is 0 Å². The summed E-state index contributed by atoms with van der Waals surface area (Å²) in [6, 6.07) is 4.98. The average Bonchev–Trinajstić information content (AvgIpc) is 2.06. The molecule has 1 radical (unpaired) electrons. The van der Waals surface area contributed by atoms with Gasteiger partial charge in [0.05, 0.1) is 6.54 Å². The van der Waals surface area contributed by atoms with Gasteiger partial charge < -0.3 is 0 Å². The van der Waals surface area contributed by atoms with Crippen LogP contribution in [0.2, 0.25) is 0 Å². The maximum Gasteiger partial charge on any atom is 0.148 e. The Bertz CT molecular complexity index is 304. The standard InChI is InChI=1S/C9H7FN/c10-8-5-1-3-7-4-2-6-11-9(7)8/h1-5H,6H2. The van der Waals surface area contributed by atoms with Crippen LogP contribution in [0, 0.1) is 5.82 Å². The highest BCUT2D eigenvalue weighted by Crippen LogP contribution is 2.23. The van der Waals surface area contributed by atoms with Crippen LogP contribution in [0.5, 0.6) is 0 Å². The van der Waals surface area contributed by atoms with Gasteiger partial charge in [0.25, 0.3) is 0 Å². The van der Waals surface area contributed by atoms with Gasteiger partial charge in [0.2, 0.25) is 0 Å². The van der Waals surface area contributed by atoms with Crippen molar-refractivity contribution in [3.05, 3.63) is 35.7 Å². The Kier molecular flexibility index (Phi) is 1.39. The molecule has 11 heavy (non-hydrogen) atoms. The summed E-state index contributed by atoms with van der Waals surface area (Å²) in [4.78, 5) is 0. The predicted octanol–water partition coefficient (Wildman–Crippen LogP) is 2.09. The van der Waals surface area contributed by atoms with Crippen molar-refractivity contribution in [1.29, 1.82) is 0 Å². The van der Waals surface area contributed by atoms with E-state index in [4.69, 9.17) is 0 Å². The van der Waals surface area contributed by atoms with E-state index < -0.39 is 0 Å². The summed E-state index contributed by atoms with van der Waals surface area (Å²) in [5.41, 5.74) is 1.37. The Morgan fingerprint density at radius 1 is 1.36 bits per heavy atom. The second-order valence-electron chi connectivity index (χ2n) is 2.42. The Hall–Kier alpha value is -1.31. The molecule has 0 fully saturated rings. The van der Waals surface area contributed by atoms with Crippen LogP contribution in [-0.4, -0.2) is 6.54 Å². The van der Waals surface area contributed by atoms with E-state index in [1.165, 1.54) is 6.07 Å². The molecule has 1 nitrogen and oxygen atoms in total. The predicted molar refractivity (Wildman–Crippen MR) is 42.1 cm³/mol. The molecule has 1 aromatic rings. The highest BCUT2D eigenvalue weighted by atomic mass is 19.1. The highest BCUT2D eigenvalue weighted by molar-refractivity contribution is 5.66. The smallest absolute Gasteiger partial charge is 0.148 e. The average molecular weight is 148 g/mol. The molecule has 2 heteroatoms. The fourth-order valence-electron chi connectivity index (χ4n) is 1.16. The number of rotatable bonds is 0. The molecule has 0 unspecified atom stereocenters. The lowest BCUT2D eigenvalue weighted by atomic mass is 10.1. The first kappa shape index (κ1) is 6.40. The summed E-state index contributed by atoms with van der Waals surface area (Å²) in [5, 5.41) is 4.03. The second-order valence-corrected chi connectivity index (χ2v) is 2.42. The van der Waals surface area contributed by atoms with Gasteiger partial charge in [-0.25, -0.2) is 4.39 Å². The number of nitrogens with zero attached hydrogens (tertiary/aromatic N) is 1. The van der Waals surface area contributed by atoms with Crippen LogP contribution in [-0.2, 0) is 0 Å². The molecule has 1 aliphatic heterocycles. The molecule has 0 aliphatic carbocycles. The number of halogens is 1. The van der Waals surface area contributed by atoms with Crippen molar-refractivity contribution in [1.82, 2.24) is 5.32 Å². The fourth-order valence-corrected chi connectivity index (χ4v) is 1.16. The van der Waals surface area contributed by atoms with E-state index in [-0.39, 0.29) is 5.82 Å². The van der Waals surface area contributed by atoms with Gasteiger partial charge in [-0.15, -0.1) is 0 Å². The summed E-state index contributed by atoms with van der Waals surface area (Å²) < 4.78 is 12.9. The van der Waals surface area contributed by atoms with Crippen molar-refractivity contribution in [3.63, 3.8) is 0 Å². The van der Waals surface area contributed by atoms with E-state index in [0.717, 1.165) is 5.56 Å². The van der Waals surface area contributed by atoms with Crippen LogP contribution < -0.4 is 5.32 Å². The zero-order chi connectivity index (χ0) is 7.68.